The second kappa shape index (κ2) is 8.13. The van der Waals surface area contributed by atoms with Crippen LogP contribution in [-0.2, 0) is 0 Å². The molecule has 0 aliphatic heterocycles. The number of nitrogens with zero attached hydrogens (tertiary/aromatic N) is 3. The number of rotatable bonds is 4. The molecular formula is C18H8BrClN4O. The highest BCUT2D eigenvalue weighted by Gasteiger charge is 2.18. The fraction of sp³-hybridized carbons (Fsp3) is 0. The van der Waals surface area contributed by atoms with E-state index in [4.69, 9.17) is 22.1 Å². The normalized spacial score (nSPS) is 9.24. The summed E-state index contributed by atoms with van der Waals surface area (Å²) in [5.74, 6) is -0.359. The van der Waals surface area contributed by atoms with E-state index in [9.17, 15) is 10.1 Å². The number of nitrogens with one attached hydrogen (secondary N) is 1. The van der Waals surface area contributed by atoms with E-state index in [0.29, 0.717) is 15.1 Å². The lowest BCUT2D eigenvalue weighted by Gasteiger charge is -2.12. The molecular weight excluding hydrogens is 404 g/mol. The van der Waals surface area contributed by atoms with Gasteiger partial charge in [0.25, 0.3) is 0 Å². The minimum absolute atomic E-state index is 0.236. The van der Waals surface area contributed by atoms with Crippen molar-refractivity contribution in [3.63, 3.8) is 0 Å². The number of anilines is 1. The van der Waals surface area contributed by atoms with Crippen LogP contribution in [0.1, 0.15) is 15.9 Å². The number of carbonyl (C=O) groups is 1. The second-order valence-electron chi connectivity index (χ2n) is 4.71. The first-order valence-electron chi connectivity index (χ1n) is 6.82. The zero-order chi connectivity index (χ0) is 18.4. The standard InChI is InChI=1S/C18H8BrClN4O/c19-12-5-6-16(24-17(10-23)11(8-21)9-22)14(7-12)18(25)13-3-1-2-4-15(13)20/h1-7,24H. The Labute approximate surface area is 157 Å². The molecule has 25 heavy (non-hydrogen) atoms. The zero-order valence-corrected chi connectivity index (χ0v) is 14.9. The van der Waals surface area contributed by atoms with Crippen LogP contribution in [-0.4, -0.2) is 5.78 Å². The van der Waals surface area contributed by atoms with Gasteiger partial charge in [-0.25, -0.2) is 0 Å². The maximum absolute atomic E-state index is 12.8. The van der Waals surface area contributed by atoms with Gasteiger partial charge in [-0.2, -0.15) is 15.8 Å². The van der Waals surface area contributed by atoms with E-state index in [1.54, 1.807) is 60.7 Å². The molecule has 0 aliphatic carbocycles. The molecule has 0 spiro atoms. The summed E-state index contributed by atoms with van der Waals surface area (Å²) in [7, 11) is 0. The highest BCUT2D eigenvalue weighted by Crippen LogP contribution is 2.27. The monoisotopic (exact) mass is 410 g/mol. The van der Waals surface area contributed by atoms with Gasteiger partial charge in [0.15, 0.2) is 11.4 Å². The van der Waals surface area contributed by atoms with Crippen LogP contribution in [0.25, 0.3) is 0 Å². The molecule has 0 atom stereocenters. The number of carbonyl (C=O) groups excluding carboxylic acids is 1. The van der Waals surface area contributed by atoms with Crippen molar-refractivity contribution in [2.75, 3.05) is 5.32 Å². The van der Waals surface area contributed by atoms with E-state index in [1.165, 1.54) is 0 Å². The minimum Gasteiger partial charge on any atom is -0.345 e. The second-order valence-corrected chi connectivity index (χ2v) is 6.03. The van der Waals surface area contributed by atoms with Crippen molar-refractivity contribution in [3.8, 4) is 18.2 Å². The number of halogens is 2. The fourth-order valence-corrected chi connectivity index (χ4v) is 2.60. The average Bonchev–Trinajstić information content (AvgIpc) is 2.62. The van der Waals surface area contributed by atoms with E-state index in [2.05, 4.69) is 21.2 Å². The van der Waals surface area contributed by atoms with Gasteiger partial charge in [0.2, 0.25) is 0 Å². The summed E-state index contributed by atoms with van der Waals surface area (Å²) in [5, 5.41) is 30.0. The Morgan fingerprint density at radius 2 is 1.68 bits per heavy atom. The van der Waals surface area contributed by atoms with Crippen molar-refractivity contribution in [3.05, 3.63) is 74.4 Å². The first-order valence-corrected chi connectivity index (χ1v) is 7.99. The van der Waals surface area contributed by atoms with Gasteiger partial charge in [-0.15, -0.1) is 0 Å². The maximum Gasteiger partial charge on any atom is 0.196 e. The third-order valence-electron chi connectivity index (χ3n) is 3.19. The van der Waals surface area contributed by atoms with E-state index in [0.717, 1.165) is 0 Å². The number of hydrogen-bond donors (Lipinski definition) is 1. The molecule has 0 radical (unpaired) electrons. The van der Waals surface area contributed by atoms with Crippen LogP contribution in [0.5, 0.6) is 0 Å². The Hall–Kier alpha value is -3.11. The first kappa shape index (κ1) is 18.2. The molecule has 7 heteroatoms. The van der Waals surface area contributed by atoms with Crippen LogP contribution < -0.4 is 5.32 Å². The molecule has 0 bridgehead atoms. The zero-order valence-electron chi connectivity index (χ0n) is 12.5. The number of hydrogen-bond acceptors (Lipinski definition) is 5. The Kier molecular flexibility index (Phi) is 5.93. The molecule has 0 amide bonds. The van der Waals surface area contributed by atoms with Gasteiger partial charge < -0.3 is 5.32 Å². The van der Waals surface area contributed by atoms with E-state index in [-0.39, 0.29) is 28.3 Å². The van der Waals surface area contributed by atoms with Crippen molar-refractivity contribution >= 4 is 39.0 Å². The predicted octanol–water partition coefficient (Wildman–Crippen LogP) is 4.57. The van der Waals surface area contributed by atoms with Crippen molar-refractivity contribution in [2.45, 2.75) is 0 Å². The first-order chi connectivity index (χ1) is 12.0. The molecule has 0 saturated heterocycles. The summed E-state index contributed by atoms with van der Waals surface area (Å²) in [6, 6.07) is 16.4. The van der Waals surface area contributed by atoms with Gasteiger partial charge in [-0.05, 0) is 30.3 Å². The molecule has 2 rings (SSSR count). The van der Waals surface area contributed by atoms with E-state index in [1.807, 2.05) is 0 Å². The number of ketones is 1. The Morgan fingerprint density at radius 1 is 1.00 bits per heavy atom. The van der Waals surface area contributed by atoms with E-state index < -0.39 is 0 Å². The minimum atomic E-state index is -0.374. The highest BCUT2D eigenvalue weighted by molar-refractivity contribution is 9.10. The number of allylic oxidation sites excluding steroid dienone is 2. The van der Waals surface area contributed by atoms with Crippen LogP contribution in [0.2, 0.25) is 5.02 Å². The Balaban J connectivity index is 2.57. The van der Waals surface area contributed by atoms with Crippen molar-refractivity contribution in [2.24, 2.45) is 0 Å². The van der Waals surface area contributed by atoms with Crippen LogP contribution in [0, 0.1) is 34.0 Å². The number of nitriles is 3. The lowest BCUT2D eigenvalue weighted by Crippen LogP contribution is -2.09. The smallest absolute Gasteiger partial charge is 0.196 e. The quantitative estimate of drug-likeness (QED) is 0.586. The van der Waals surface area contributed by atoms with Gasteiger partial charge in [0.1, 0.15) is 23.9 Å². The summed E-state index contributed by atoms with van der Waals surface area (Å²) in [6.07, 6.45) is 0. The summed E-state index contributed by atoms with van der Waals surface area (Å²) < 4.78 is 0.650. The molecule has 0 heterocycles. The van der Waals surface area contributed by atoms with Gasteiger partial charge in [0, 0.05) is 15.6 Å². The lowest BCUT2D eigenvalue weighted by molar-refractivity contribution is 0.103. The largest absolute Gasteiger partial charge is 0.345 e. The van der Waals surface area contributed by atoms with Crippen molar-refractivity contribution in [1.82, 2.24) is 0 Å². The van der Waals surface area contributed by atoms with Crippen LogP contribution in [0.15, 0.2) is 58.2 Å². The van der Waals surface area contributed by atoms with Crippen LogP contribution in [0.3, 0.4) is 0 Å². The molecule has 5 nitrogen and oxygen atoms in total. The molecule has 0 unspecified atom stereocenters. The third-order valence-corrected chi connectivity index (χ3v) is 4.01. The molecule has 0 saturated carbocycles. The summed E-state index contributed by atoms with van der Waals surface area (Å²) in [6.45, 7) is 0. The average molecular weight is 412 g/mol. The Bertz CT molecular complexity index is 993. The molecule has 0 aromatic heterocycles. The highest BCUT2D eigenvalue weighted by atomic mass is 79.9. The number of benzene rings is 2. The maximum atomic E-state index is 12.8. The Morgan fingerprint density at radius 3 is 2.28 bits per heavy atom. The summed E-state index contributed by atoms with van der Waals surface area (Å²) in [4.78, 5) is 12.8. The fourth-order valence-electron chi connectivity index (χ4n) is 2.02. The molecule has 0 aliphatic rings. The van der Waals surface area contributed by atoms with Crippen LogP contribution in [0.4, 0.5) is 5.69 Å². The molecule has 120 valence electrons. The van der Waals surface area contributed by atoms with Gasteiger partial charge >= 0.3 is 0 Å². The summed E-state index contributed by atoms with van der Waals surface area (Å²) in [5.41, 5.74) is 0.216. The SMILES string of the molecule is N#CC(C#N)=C(C#N)Nc1ccc(Br)cc1C(=O)c1ccccc1Cl. The van der Waals surface area contributed by atoms with Crippen molar-refractivity contribution < 1.29 is 4.79 Å². The molecule has 0 fully saturated rings. The van der Waals surface area contributed by atoms with Gasteiger partial charge in [-0.1, -0.05) is 39.7 Å². The molecule has 1 N–H and O–H groups in total. The van der Waals surface area contributed by atoms with Gasteiger partial charge in [0.05, 0.1) is 10.7 Å². The molecule has 2 aromatic rings. The third kappa shape index (κ3) is 4.05. The van der Waals surface area contributed by atoms with Crippen molar-refractivity contribution in [1.29, 1.82) is 15.8 Å². The summed E-state index contributed by atoms with van der Waals surface area (Å²) >= 11 is 9.39. The van der Waals surface area contributed by atoms with Gasteiger partial charge in [-0.3, -0.25) is 4.79 Å². The van der Waals surface area contributed by atoms with Crippen LogP contribution >= 0.6 is 27.5 Å². The lowest BCUT2D eigenvalue weighted by atomic mass is 10.0. The topological polar surface area (TPSA) is 100 Å². The molecule has 2 aromatic carbocycles. The predicted molar refractivity (Wildman–Crippen MR) is 96.5 cm³/mol. The van der Waals surface area contributed by atoms with E-state index >= 15 is 0 Å².